The number of nitrogens with one attached hydrogen (secondary N) is 2. The van der Waals surface area contributed by atoms with Crippen molar-refractivity contribution in [3.63, 3.8) is 0 Å². The first kappa shape index (κ1) is 23.0. The zero-order valence-corrected chi connectivity index (χ0v) is 19.4. The fourth-order valence-corrected chi connectivity index (χ4v) is 4.67. The molecule has 0 radical (unpaired) electrons. The van der Waals surface area contributed by atoms with Crippen molar-refractivity contribution in [3.05, 3.63) is 58.1 Å². The molecule has 33 heavy (non-hydrogen) atoms. The summed E-state index contributed by atoms with van der Waals surface area (Å²) in [7, 11) is 0. The van der Waals surface area contributed by atoms with Gasteiger partial charge in [0.05, 0.1) is 4.92 Å². The first-order valence-corrected chi connectivity index (χ1v) is 11.9. The summed E-state index contributed by atoms with van der Waals surface area (Å²) in [6.07, 6.45) is 6.88. The molecule has 1 amide bonds. The van der Waals surface area contributed by atoms with Crippen LogP contribution in [0.2, 0.25) is 0 Å². The van der Waals surface area contributed by atoms with Crippen molar-refractivity contribution >= 4 is 46.0 Å². The molecular weight excluding hydrogens is 438 g/mol. The molecule has 2 aromatic rings. The van der Waals surface area contributed by atoms with Gasteiger partial charge in [0.1, 0.15) is 5.69 Å². The van der Waals surface area contributed by atoms with Crippen LogP contribution in [-0.2, 0) is 0 Å². The number of hydrogen-bond acceptors (Lipinski definition) is 6. The summed E-state index contributed by atoms with van der Waals surface area (Å²) in [6, 6.07) is 12.6. The highest BCUT2D eigenvalue weighted by atomic mass is 32.1. The van der Waals surface area contributed by atoms with Crippen molar-refractivity contribution in [1.82, 2.24) is 5.32 Å². The van der Waals surface area contributed by atoms with Crippen molar-refractivity contribution in [1.29, 1.82) is 0 Å². The minimum absolute atomic E-state index is 0.0586. The van der Waals surface area contributed by atoms with E-state index in [-0.39, 0.29) is 16.4 Å². The molecule has 2 N–H and O–H groups in total. The molecule has 174 valence electrons. The van der Waals surface area contributed by atoms with Crippen LogP contribution in [0.4, 0.5) is 22.7 Å². The molecule has 0 atom stereocenters. The number of carbonyl (C=O) groups is 1. The number of carbonyl (C=O) groups excluding carboxylic acids is 1. The number of piperidine rings is 2. The number of hydrogen-bond donors (Lipinski definition) is 2. The van der Waals surface area contributed by atoms with Crippen molar-refractivity contribution in [3.8, 4) is 0 Å². The molecule has 9 heteroatoms. The highest BCUT2D eigenvalue weighted by Gasteiger charge is 2.23. The summed E-state index contributed by atoms with van der Waals surface area (Å²) in [5.74, 6) is -0.481. The van der Waals surface area contributed by atoms with Crippen LogP contribution in [0.3, 0.4) is 0 Å². The lowest BCUT2D eigenvalue weighted by molar-refractivity contribution is -0.384. The third-order valence-corrected chi connectivity index (χ3v) is 6.41. The number of anilines is 3. The molecule has 8 nitrogen and oxygen atoms in total. The van der Waals surface area contributed by atoms with Gasteiger partial charge >= 0.3 is 0 Å². The molecule has 2 aliphatic heterocycles. The Labute approximate surface area is 199 Å². The fraction of sp³-hybridized carbons (Fsp3) is 0.417. The zero-order valence-electron chi connectivity index (χ0n) is 18.6. The quantitative estimate of drug-likeness (QED) is 0.374. The first-order valence-electron chi connectivity index (χ1n) is 11.5. The summed E-state index contributed by atoms with van der Waals surface area (Å²) >= 11 is 5.29. The molecule has 4 rings (SSSR count). The van der Waals surface area contributed by atoms with Crippen molar-refractivity contribution in [2.75, 3.05) is 41.3 Å². The molecule has 2 fully saturated rings. The van der Waals surface area contributed by atoms with Gasteiger partial charge in [-0.3, -0.25) is 20.2 Å². The third-order valence-electron chi connectivity index (χ3n) is 6.20. The Morgan fingerprint density at radius 3 is 2.09 bits per heavy atom. The smallest absolute Gasteiger partial charge is 0.293 e. The van der Waals surface area contributed by atoms with E-state index in [2.05, 4.69) is 15.5 Å². The van der Waals surface area contributed by atoms with Gasteiger partial charge in [0.25, 0.3) is 11.6 Å². The maximum absolute atomic E-state index is 12.7. The zero-order chi connectivity index (χ0) is 23.2. The van der Waals surface area contributed by atoms with Crippen LogP contribution in [-0.4, -0.2) is 42.1 Å². The standard InChI is InChI=1S/C24H29N5O3S/c30-23(18-7-12-21(22(17-18)29(31)32)28-15-5-2-6-16-28)26-24(33)25-19-8-10-20(11-9-19)27-13-3-1-4-14-27/h7-12,17H,1-6,13-16H2,(H2,25,26,30,33). The second-order valence-electron chi connectivity index (χ2n) is 8.51. The summed E-state index contributed by atoms with van der Waals surface area (Å²) in [5.41, 5.74) is 2.65. The Bertz CT molecular complexity index is 1020. The lowest BCUT2D eigenvalue weighted by Crippen LogP contribution is -2.34. The molecule has 2 saturated heterocycles. The minimum atomic E-state index is -0.481. The van der Waals surface area contributed by atoms with E-state index < -0.39 is 10.8 Å². The van der Waals surface area contributed by atoms with Gasteiger partial charge in [-0.15, -0.1) is 0 Å². The molecule has 0 spiro atoms. The largest absolute Gasteiger partial charge is 0.372 e. The number of nitrogens with zero attached hydrogens (tertiary/aromatic N) is 3. The van der Waals surface area contributed by atoms with Gasteiger partial charge in [-0.05, 0) is 87.1 Å². The predicted molar refractivity (Wildman–Crippen MR) is 135 cm³/mol. The summed E-state index contributed by atoms with van der Waals surface area (Å²) in [4.78, 5) is 28.3. The number of nitro benzene ring substituents is 1. The lowest BCUT2D eigenvalue weighted by atomic mass is 10.1. The summed E-state index contributed by atoms with van der Waals surface area (Å²) in [5, 5.41) is 17.4. The molecule has 2 heterocycles. The molecule has 0 unspecified atom stereocenters. The van der Waals surface area contributed by atoms with Crippen LogP contribution in [0.1, 0.15) is 48.9 Å². The van der Waals surface area contributed by atoms with E-state index in [1.807, 2.05) is 29.2 Å². The number of nitro groups is 1. The minimum Gasteiger partial charge on any atom is -0.372 e. The van der Waals surface area contributed by atoms with Gasteiger partial charge in [0, 0.05) is 49.2 Å². The predicted octanol–water partition coefficient (Wildman–Crippen LogP) is 4.70. The molecule has 0 aliphatic carbocycles. The molecule has 0 aromatic heterocycles. The van der Waals surface area contributed by atoms with Crippen LogP contribution >= 0.6 is 12.2 Å². The van der Waals surface area contributed by atoms with Crippen LogP contribution < -0.4 is 20.4 Å². The maximum atomic E-state index is 12.7. The van der Waals surface area contributed by atoms with E-state index in [1.54, 1.807) is 12.1 Å². The monoisotopic (exact) mass is 467 g/mol. The molecule has 0 bridgehead atoms. The molecule has 2 aliphatic rings. The van der Waals surface area contributed by atoms with Crippen LogP contribution in [0.25, 0.3) is 0 Å². The molecule has 0 saturated carbocycles. The number of rotatable bonds is 5. The van der Waals surface area contributed by atoms with Gasteiger partial charge in [0.15, 0.2) is 5.11 Å². The second kappa shape index (κ2) is 10.6. The van der Waals surface area contributed by atoms with Gasteiger partial charge in [-0.25, -0.2) is 0 Å². The Hall–Kier alpha value is -3.20. The van der Waals surface area contributed by atoms with Gasteiger partial charge in [-0.2, -0.15) is 0 Å². The van der Waals surface area contributed by atoms with E-state index in [0.717, 1.165) is 51.1 Å². The average Bonchev–Trinajstić information content (AvgIpc) is 2.85. The van der Waals surface area contributed by atoms with Gasteiger partial charge < -0.3 is 15.1 Å². The maximum Gasteiger partial charge on any atom is 0.293 e. The van der Waals surface area contributed by atoms with Crippen LogP contribution in [0.5, 0.6) is 0 Å². The molecule has 2 aromatic carbocycles. The Kier molecular flexibility index (Phi) is 7.39. The third kappa shape index (κ3) is 5.78. The SMILES string of the molecule is O=C(NC(=S)Nc1ccc(N2CCCCC2)cc1)c1ccc(N2CCCCC2)c([N+](=O)[O-])c1. The van der Waals surface area contributed by atoms with Gasteiger partial charge in [0.2, 0.25) is 0 Å². The number of amides is 1. The van der Waals surface area contributed by atoms with E-state index in [0.29, 0.717) is 5.69 Å². The Balaban J connectivity index is 1.38. The fourth-order valence-electron chi connectivity index (χ4n) is 4.46. The second-order valence-corrected chi connectivity index (χ2v) is 8.92. The Morgan fingerprint density at radius 1 is 0.879 bits per heavy atom. The summed E-state index contributed by atoms with van der Waals surface area (Å²) < 4.78 is 0. The van der Waals surface area contributed by atoms with Gasteiger partial charge in [-0.1, -0.05) is 0 Å². The summed E-state index contributed by atoms with van der Waals surface area (Å²) in [6.45, 7) is 3.72. The number of benzene rings is 2. The molecular formula is C24H29N5O3S. The normalized spacial score (nSPS) is 16.2. The van der Waals surface area contributed by atoms with Crippen LogP contribution in [0.15, 0.2) is 42.5 Å². The Morgan fingerprint density at radius 2 is 1.48 bits per heavy atom. The van der Waals surface area contributed by atoms with Crippen molar-refractivity contribution < 1.29 is 9.72 Å². The van der Waals surface area contributed by atoms with E-state index in [1.165, 1.54) is 31.0 Å². The highest BCUT2D eigenvalue weighted by Crippen LogP contribution is 2.31. The highest BCUT2D eigenvalue weighted by molar-refractivity contribution is 7.80. The first-order chi connectivity index (χ1) is 16.0. The lowest BCUT2D eigenvalue weighted by Gasteiger charge is -2.28. The average molecular weight is 468 g/mol. The van der Waals surface area contributed by atoms with E-state index >= 15 is 0 Å². The number of thiocarbonyl (C=S) groups is 1. The van der Waals surface area contributed by atoms with Crippen molar-refractivity contribution in [2.24, 2.45) is 0 Å². The van der Waals surface area contributed by atoms with E-state index in [4.69, 9.17) is 12.2 Å². The van der Waals surface area contributed by atoms with Crippen molar-refractivity contribution in [2.45, 2.75) is 38.5 Å². The van der Waals surface area contributed by atoms with Crippen LogP contribution in [0, 0.1) is 10.1 Å². The topological polar surface area (TPSA) is 90.8 Å². The van der Waals surface area contributed by atoms with E-state index in [9.17, 15) is 14.9 Å².